The van der Waals surface area contributed by atoms with Crippen LogP contribution in [-0.4, -0.2) is 11.0 Å². The van der Waals surface area contributed by atoms with Gasteiger partial charge in [-0.2, -0.15) is 0 Å². The molecule has 2 aromatic rings. The topological polar surface area (TPSA) is 24.9 Å². The lowest BCUT2D eigenvalue weighted by molar-refractivity contribution is 0.587. The van der Waals surface area contributed by atoms with Crippen LogP contribution in [0, 0.1) is 6.92 Å². The highest BCUT2D eigenvalue weighted by Gasteiger charge is 2.05. The smallest absolute Gasteiger partial charge is 0.104 e. The Hall–Kier alpha value is -1.03. The molecule has 1 aromatic carbocycles. The lowest BCUT2D eigenvalue weighted by atomic mass is 10.2. The molecule has 0 unspecified atom stereocenters. The molecule has 0 aliphatic heterocycles. The Bertz CT molecular complexity index is 567. The van der Waals surface area contributed by atoms with Crippen molar-refractivity contribution in [2.45, 2.75) is 43.3 Å². The standard InChI is InChI=1S/C16H19ClN2S/c1-11(2)18-9-13-8-12(3)16(19-10-13)20-15-6-4-14(17)5-7-15/h4-8,10-11,18H,9H2,1-3H3. The van der Waals surface area contributed by atoms with Crippen molar-refractivity contribution in [1.29, 1.82) is 0 Å². The van der Waals surface area contributed by atoms with E-state index in [1.54, 1.807) is 11.8 Å². The number of aromatic nitrogens is 1. The molecule has 4 heteroatoms. The largest absolute Gasteiger partial charge is 0.310 e. The first-order valence-corrected chi connectivity index (χ1v) is 7.86. The molecule has 106 valence electrons. The van der Waals surface area contributed by atoms with Crippen molar-refractivity contribution in [3.05, 3.63) is 52.7 Å². The molecule has 20 heavy (non-hydrogen) atoms. The second-order valence-corrected chi connectivity index (χ2v) is 6.56. The maximum Gasteiger partial charge on any atom is 0.104 e. The van der Waals surface area contributed by atoms with Crippen molar-refractivity contribution in [1.82, 2.24) is 10.3 Å². The van der Waals surface area contributed by atoms with Crippen molar-refractivity contribution in [2.24, 2.45) is 0 Å². The first kappa shape index (κ1) is 15.4. The van der Waals surface area contributed by atoms with Gasteiger partial charge in [0.25, 0.3) is 0 Å². The number of hydrogen-bond donors (Lipinski definition) is 1. The van der Waals surface area contributed by atoms with Crippen LogP contribution in [0.15, 0.2) is 46.5 Å². The van der Waals surface area contributed by atoms with Crippen LogP contribution < -0.4 is 5.32 Å². The van der Waals surface area contributed by atoms with E-state index in [0.717, 1.165) is 21.5 Å². The molecule has 1 aromatic heterocycles. The number of pyridine rings is 1. The summed E-state index contributed by atoms with van der Waals surface area (Å²) in [5, 5.41) is 5.20. The maximum atomic E-state index is 5.90. The van der Waals surface area contributed by atoms with Crippen LogP contribution in [0.25, 0.3) is 0 Å². The Labute approximate surface area is 130 Å². The summed E-state index contributed by atoms with van der Waals surface area (Å²) in [6.45, 7) is 7.25. The molecule has 0 aliphatic rings. The fraction of sp³-hybridized carbons (Fsp3) is 0.312. The van der Waals surface area contributed by atoms with Crippen LogP contribution in [0.2, 0.25) is 5.02 Å². The lowest BCUT2D eigenvalue weighted by Crippen LogP contribution is -2.21. The normalized spacial score (nSPS) is 11.1. The maximum absolute atomic E-state index is 5.90. The molecule has 1 heterocycles. The highest BCUT2D eigenvalue weighted by atomic mass is 35.5. The Morgan fingerprint density at radius 1 is 1.25 bits per heavy atom. The first-order chi connectivity index (χ1) is 9.54. The van der Waals surface area contributed by atoms with Gasteiger partial charge in [0.05, 0.1) is 0 Å². The molecule has 0 radical (unpaired) electrons. The summed E-state index contributed by atoms with van der Waals surface area (Å²) in [6.07, 6.45) is 1.95. The average Bonchev–Trinajstić information content (AvgIpc) is 2.41. The predicted molar refractivity (Wildman–Crippen MR) is 86.5 cm³/mol. The Kier molecular flexibility index (Phi) is 5.46. The summed E-state index contributed by atoms with van der Waals surface area (Å²) in [5.74, 6) is 0. The predicted octanol–water partition coefficient (Wildman–Crippen LogP) is 4.69. The average molecular weight is 307 g/mol. The number of halogens is 1. The molecule has 0 amide bonds. The van der Waals surface area contributed by atoms with E-state index in [4.69, 9.17) is 11.6 Å². The SMILES string of the molecule is Cc1cc(CNC(C)C)cnc1Sc1ccc(Cl)cc1. The van der Waals surface area contributed by atoms with Gasteiger partial charge < -0.3 is 5.32 Å². The molecular weight excluding hydrogens is 288 g/mol. The molecule has 0 atom stereocenters. The van der Waals surface area contributed by atoms with Crippen molar-refractivity contribution < 1.29 is 0 Å². The summed E-state index contributed by atoms with van der Waals surface area (Å²) in [5.41, 5.74) is 2.42. The van der Waals surface area contributed by atoms with Crippen LogP contribution in [0.4, 0.5) is 0 Å². The van der Waals surface area contributed by atoms with Crippen LogP contribution in [-0.2, 0) is 6.54 Å². The number of aryl methyl sites for hydroxylation is 1. The second kappa shape index (κ2) is 7.11. The third-order valence-electron chi connectivity index (χ3n) is 2.83. The summed E-state index contributed by atoms with van der Waals surface area (Å²) < 4.78 is 0. The second-order valence-electron chi connectivity index (χ2n) is 5.06. The Balaban J connectivity index is 2.07. The zero-order valence-electron chi connectivity index (χ0n) is 12.0. The molecule has 0 saturated heterocycles. The van der Waals surface area contributed by atoms with Crippen LogP contribution >= 0.6 is 23.4 Å². The fourth-order valence-corrected chi connectivity index (χ4v) is 2.71. The minimum absolute atomic E-state index is 0.485. The van der Waals surface area contributed by atoms with Crippen LogP contribution in [0.3, 0.4) is 0 Å². The highest BCUT2D eigenvalue weighted by molar-refractivity contribution is 7.99. The van der Waals surface area contributed by atoms with E-state index in [0.29, 0.717) is 6.04 Å². The number of rotatable bonds is 5. The van der Waals surface area contributed by atoms with Gasteiger partial charge in [0.2, 0.25) is 0 Å². The molecular formula is C16H19ClN2S. The number of benzene rings is 1. The molecule has 0 aliphatic carbocycles. The van der Waals surface area contributed by atoms with Gasteiger partial charge in [-0.05, 0) is 42.3 Å². The number of hydrogen-bond acceptors (Lipinski definition) is 3. The number of nitrogens with one attached hydrogen (secondary N) is 1. The van der Waals surface area contributed by atoms with E-state index < -0.39 is 0 Å². The fourth-order valence-electron chi connectivity index (χ4n) is 1.76. The minimum atomic E-state index is 0.485. The van der Waals surface area contributed by atoms with E-state index in [9.17, 15) is 0 Å². The monoisotopic (exact) mass is 306 g/mol. The summed E-state index contributed by atoms with van der Waals surface area (Å²) in [6, 6.07) is 10.5. The van der Waals surface area contributed by atoms with Gasteiger partial charge in [-0.25, -0.2) is 4.98 Å². The first-order valence-electron chi connectivity index (χ1n) is 6.67. The third kappa shape index (κ3) is 4.51. The van der Waals surface area contributed by atoms with Crippen molar-refractivity contribution in [2.75, 3.05) is 0 Å². The molecule has 0 saturated carbocycles. The van der Waals surface area contributed by atoms with Gasteiger partial charge in [0.15, 0.2) is 0 Å². The molecule has 0 spiro atoms. The van der Waals surface area contributed by atoms with Gasteiger partial charge in [-0.3, -0.25) is 0 Å². The van der Waals surface area contributed by atoms with Crippen molar-refractivity contribution >= 4 is 23.4 Å². The zero-order chi connectivity index (χ0) is 14.5. The Morgan fingerprint density at radius 3 is 2.55 bits per heavy atom. The van der Waals surface area contributed by atoms with Gasteiger partial charge in [-0.15, -0.1) is 0 Å². The lowest BCUT2D eigenvalue weighted by Gasteiger charge is -2.10. The highest BCUT2D eigenvalue weighted by Crippen LogP contribution is 2.29. The van der Waals surface area contributed by atoms with Gasteiger partial charge in [0, 0.05) is 28.7 Å². The van der Waals surface area contributed by atoms with Gasteiger partial charge in [0.1, 0.15) is 5.03 Å². The quantitative estimate of drug-likeness (QED) is 0.867. The van der Waals surface area contributed by atoms with Gasteiger partial charge >= 0.3 is 0 Å². The van der Waals surface area contributed by atoms with Crippen LogP contribution in [0.5, 0.6) is 0 Å². The number of nitrogens with zero attached hydrogens (tertiary/aromatic N) is 1. The van der Waals surface area contributed by atoms with Crippen molar-refractivity contribution in [3.63, 3.8) is 0 Å². The summed E-state index contributed by atoms with van der Waals surface area (Å²) in [4.78, 5) is 5.71. The molecule has 2 rings (SSSR count). The van der Waals surface area contributed by atoms with E-state index in [-0.39, 0.29) is 0 Å². The van der Waals surface area contributed by atoms with E-state index in [1.165, 1.54) is 11.1 Å². The zero-order valence-corrected chi connectivity index (χ0v) is 13.6. The van der Waals surface area contributed by atoms with Gasteiger partial charge in [-0.1, -0.05) is 43.3 Å². The van der Waals surface area contributed by atoms with E-state index >= 15 is 0 Å². The molecule has 0 bridgehead atoms. The summed E-state index contributed by atoms with van der Waals surface area (Å²) in [7, 11) is 0. The minimum Gasteiger partial charge on any atom is -0.310 e. The molecule has 1 N–H and O–H groups in total. The Morgan fingerprint density at radius 2 is 1.95 bits per heavy atom. The molecule has 0 fully saturated rings. The van der Waals surface area contributed by atoms with Crippen LogP contribution in [0.1, 0.15) is 25.0 Å². The van der Waals surface area contributed by atoms with E-state index in [1.807, 2.05) is 30.5 Å². The summed E-state index contributed by atoms with van der Waals surface area (Å²) >= 11 is 7.56. The third-order valence-corrected chi connectivity index (χ3v) is 4.21. The van der Waals surface area contributed by atoms with Crippen molar-refractivity contribution in [3.8, 4) is 0 Å². The molecule has 2 nitrogen and oxygen atoms in total. The van der Waals surface area contributed by atoms with E-state index in [2.05, 4.69) is 37.1 Å².